The van der Waals surface area contributed by atoms with Crippen LogP contribution in [0.3, 0.4) is 0 Å². The van der Waals surface area contributed by atoms with E-state index in [1.165, 1.54) is 12.1 Å². The highest BCUT2D eigenvalue weighted by molar-refractivity contribution is 5.82. The van der Waals surface area contributed by atoms with Crippen molar-refractivity contribution in [1.82, 2.24) is 24.8 Å². The maximum atomic E-state index is 13.4. The average Bonchev–Trinajstić information content (AvgIpc) is 3.15. The highest BCUT2D eigenvalue weighted by Crippen LogP contribution is 2.29. The second-order valence-electron chi connectivity index (χ2n) is 6.82. The summed E-state index contributed by atoms with van der Waals surface area (Å²) in [6.07, 6.45) is 8.49. The third kappa shape index (κ3) is 3.03. The number of halogens is 1. The van der Waals surface area contributed by atoms with Crippen LogP contribution in [0.5, 0.6) is 0 Å². The number of ether oxygens (including phenoxy) is 1. The Labute approximate surface area is 162 Å². The van der Waals surface area contributed by atoms with Crippen molar-refractivity contribution in [2.24, 2.45) is 0 Å². The standard InChI is InChI=1S/C21H20FN5O/c22-16-2-4-17(5-3-16)27-19-14-23-8-7-18(19)25-21(27)15-1-6-20(24-13-15)26-9-11-28-12-10-26/h2-8,13-14,24H,1,9-12H2. The summed E-state index contributed by atoms with van der Waals surface area (Å²) in [4.78, 5) is 11.4. The Balaban J connectivity index is 1.52. The number of hydrogen-bond acceptors (Lipinski definition) is 5. The van der Waals surface area contributed by atoms with E-state index < -0.39 is 0 Å². The highest BCUT2D eigenvalue weighted by Gasteiger charge is 2.20. The summed E-state index contributed by atoms with van der Waals surface area (Å²) in [6, 6.07) is 8.35. The first-order valence-corrected chi connectivity index (χ1v) is 9.37. The van der Waals surface area contributed by atoms with Gasteiger partial charge >= 0.3 is 0 Å². The number of pyridine rings is 1. The third-order valence-corrected chi connectivity index (χ3v) is 5.09. The van der Waals surface area contributed by atoms with Crippen LogP contribution in [0, 0.1) is 5.82 Å². The van der Waals surface area contributed by atoms with Gasteiger partial charge in [0.05, 0.1) is 30.4 Å². The van der Waals surface area contributed by atoms with Crippen molar-refractivity contribution in [2.75, 3.05) is 26.3 Å². The van der Waals surface area contributed by atoms with Crippen molar-refractivity contribution in [2.45, 2.75) is 6.42 Å². The van der Waals surface area contributed by atoms with E-state index in [0.29, 0.717) is 0 Å². The summed E-state index contributed by atoms with van der Waals surface area (Å²) in [7, 11) is 0. The van der Waals surface area contributed by atoms with Crippen molar-refractivity contribution in [3.8, 4) is 5.69 Å². The molecule has 142 valence electrons. The molecule has 5 rings (SSSR count). The molecule has 0 aliphatic carbocycles. The largest absolute Gasteiger partial charge is 0.378 e. The molecule has 0 radical (unpaired) electrons. The quantitative estimate of drug-likeness (QED) is 0.760. The number of fused-ring (bicyclic) bond motifs is 1. The number of morpholine rings is 1. The van der Waals surface area contributed by atoms with E-state index >= 15 is 0 Å². The second kappa shape index (κ2) is 7.09. The van der Waals surface area contributed by atoms with E-state index in [-0.39, 0.29) is 5.82 Å². The van der Waals surface area contributed by atoms with Gasteiger partial charge in [0.2, 0.25) is 0 Å². The SMILES string of the molecule is Fc1ccc(-n2c(C3=CNC(N4CCOCC4)=CC3)nc3ccncc32)cc1. The number of nitrogens with one attached hydrogen (secondary N) is 1. The molecule has 6 nitrogen and oxygen atoms in total. The molecule has 4 heterocycles. The monoisotopic (exact) mass is 377 g/mol. The van der Waals surface area contributed by atoms with E-state index in [2.05, 4.69) is 21.3 Å². The molecular weight excluding hydrogens is 357 g/mol. The Morgan fingerprint density at radius 1 is 1.07 bits per heavy atom. The Morgan fingerprint density at radius 3 is 2.64 bits per heavy atom. The predicted molar refractivity (Wildman–Crippen MR) is 105 cm³/mol. The smallest absolute Gasteiger partial charge is 0.143 e. The number of hydrogen-bond donors (Lipinski definition) is 1. The van der Waals surface area contributed by atoms with Gasteiger partial charge in [-0.2, -0.15) is 0 Å². The summed E-state index contributed by atoms with van der Waals surface area (Å²) in [6.45, 7) is 3.29. The molecule has 2 aliphatic heterocycles. The van der Waals surface area contributed by atoms with E-state index in [4.69, 9.17) is 9.72 Å². The van der Waals surface area contributed by atoms with Crippen molar-refractivity contribution in [3.63, 3.8) is 0 Å². The molecule has 1 aromatic carbocycles. The lowest BCUT2D eigenvalue weighted by Crippen LogP contribution is -2.39. The topological polar surface area (TPSA) is 55.2 Å². The highest BCUT2D eigenvalue weighted by atomic mass is 19.1. The fraction of sp³-hybridized carbons (Fsp3) is 0.238. The molecule has 2 aromatic heterocycles. The summed E-state index contributed by atoms with van der Waals surface area (Å²) in [5.74, 6) is 1.68. The van der Waals surface area contributed by atoms with E-state index in [1.54, 1.807) is 24.5 Å². The van der Waals surface area contributed by atoms with Gasteiger partial charge in [0.25, 0.3) is 0 Å². The molecule has 0 saturated carbocycles. The number of allylic oxidation sites excluding steroid dienone is 2. The molecule has 28 heavy (non-hydrogen) atoms. The molecule has 1 fully saturated rings. The van der Waals surface area contributed by atoms with Gasteiger partial charge in [-0.05, 0) is 42.8 Å². The second-order valence-corrected chi connectivity index (χ2v) is 6.82. The summed E-state index contributed by atoms with van der Waals surface area (Å²) < 4.78 is 20.9. The van der Waals surface area contributed by atoms with Gasteiger partial charge in [-0.15, -0.1) is 0 Å². The molecule has 0 atom stereocenters. The zero-order valence-corrected chi connectivity index (χ0v) is 15.3. The predicted octanol–water partition coefficient (Wildman–Crippen LogP) is 3.07. The van der Waals surface area contributed by atoms with Crippen LogP contribution in [0.25, 0.3) is 22.3 Å². The summed E-state index contributed by atoms with van der Waals surface area (Å²) in [5, 5.41) is 3.41. The fourth-order valence-electron chi connectivity index (χ4n) is 3.66. The third-order valence-electron chi connectivity index (χ3n) is 5.09. The molecule has 0 amide bonds. The molecule has 3 aromatic rings. The fourth-order valence-corrected chi connectivity index (χ4v) is 3.66. The number of nitrogens with zero attached hydrogens (tertiary/aromatic N) is 4. The van der Waals surface area contributed by atoms with Crippen LogP contribution in [-0.4, -0.2) is 45.7 Å². The van der Waals surface area contributed by atoms with Crippen LogP contribution in [0.15, 0.2) is 60.8 Å². The van der Waals surface area contributed by atoms with Gasteiger partial charge in [-0.1, -0.05) is 0 Å². The van der Waals surface area contributed by atoms with Gasteiger partial charge < -0.3 is 15.0 Å². The number of dihydropyridines is 1. The molecule has 0 spiro atoms. The maximum absolute atomic E-state index is 13.4. The zero-order chi connectivity index (χ0) is 18.9. The number of imidazole rings is 1. The first-order chi connectivity index (χ1) is 13.8. The van der Waals surface area contributed by atoms with Crippen LogP contribution < -0.4 is 5.32 Å². The minimum absolute atomic E-state index is 0.260. The lowest BCUT2D eigenvalue weighted by Gasteiger charge is -2.32. The van der Waals surface area contributed by atoms with Gasteiger partial charge in [0.15, 0.2) is 0 Å². The van der Waals surface area contributed by atoms with E-state index in [9.17, 15) is 4.39 Å². The normalized spacial score (nSPS) is 17.2. The summed E-state index contributed by atoms with van der Waals surface area (Å²) >= 11 is 0. The van der Waals surface area contributed by atoms with Gasteiger partial charge in [-0.3, -0.25) is 9.55 Å². The van der Waals surface area contributed by atoms with Crippen molar-refractivity contribution in [3.05, 3.63) is 72.5 Å². The first kappa shape index (κ1) is 16.9. The molecule has 0 bridgehead atoms. The molecular formula is C21H20FN5O. The van der Waals surface area contributed by atoms with Crippen LogP contribution in [0.1, 0.15) is 12.2 Å². The molecule has 0 unspecified atom stereocenters. The molecule has 1 saturated heterocycles. The number of benzene rings is 1. The number of rotatable bonds is 3. The molecule has 2 aliphatic rings. The average molecular weight is 377 g/mol. The van der Waals surface area contributed by atoms with E-state index in [1.807, 2.05) is 16.8 Å². The zero-order valence-electron chi connectivity index (χ0n) is 15.3. The maximum Gasteiger partial charge on any atom is 0.143 e. The van der Waals surface area contributed by atoms with Crippen LogP contribution in [-0.2, 0) is 4.74 Å². The molecule has 1 N–H and O–H groups in total. The van der Waals surface area contributed by atoms with Gasteiger partial charge in [0, 0.05) is 36.7 Å². The van der Waals surface area contributed by atoms with E-state index in [0.717, 1.165) is 66.7 Å². The van der Waals surface area contributed by atoms with Crippen molar-refractivity contribution >= 4 is 16.6 Å². The van der Waals surface area contributed by atoms with Crippen molar-refractivity contribution in [1.29, 1.82) is 0 Å². The lowest BCUT2D eigenvalue weighted by molar-refractivity contribution is 0.0510. The molecule has 7 heteroatoms. The Hall–Kier alpha value is -3.19. The van der Waals surface area contributed by atoms with Crippen molar-refractivity contribution < 1.29 is 9.13 Å². The van der Waals surface area contributed by atoms with Gasteiger partial charge in [0.1, 0.15) is 17.5 Å². The minimum atomic E-state index is -0.260. The summed E-state index contributed by atoms with van der Waals surface area (Å²) in [5.41, 5.74) is 3.68. The Morgan fingerprint density at radius 2 is 1.89 bits per heavy atom. The minimum Gasteiger partial charge on any atom is -0.378 e. The van der Waals surface area contributed by atoms with Crippen LogP contribution in [0.4, 0.5) is 4.39 Å². The first-order valence-electron chi connectivity index (χ1n) is 9.37. The Bertz CT molecular complexity index is 1060. The van der Waals surface area contributed by atoms with Crippen LogP contribution in [0.2, 0.25) is 0 Å². The Kier molecular flexibility index (Phi) is 4.29. The van der Waals surface area contributed by atoms with Gasteiger partial charge in [-0.25, -0.2) is 9.37 Å². The lowest BCUT2D eigenvalue weighted by atomic mass is 10.1. The van der Waals surface area contributed by atoms with Crippen LogP contribution >= 0.6 is 0 Å². The number of aromatic nitrogens is 3.